The van der Waals surface area contributed by atoms with Crippen molar-refractivity contribution in [1.29, 1.82) is 0 Å². The van der Waals surface area contributed by atoms with Crippen molar-refractivity contribution in [3.63, 3.8) is 0 Å². The Kier molecular flexibility index (Phi) is 6.90. The Morgan fingerprint density at radius 3 is 2.54 bits per heavy atom. The molecule has 1 fully saturated rings. The fourth-order valence-corrected chi connectivity index (χ4v) is 6.02. The number of fused-ring (bicyclic) bond motifs is 3. The summed E-state index contributed by atoms with van der Waals surface area (Å²) < 4.78 is 0. The predicted molar refractivity (Wildman–Crippen MR) is 158 cm³/mol. The van der Waals surface area contributed by atoms with Gasteiger partial charge in [-0.15, -0.1) is 0 Å². The normalized spacial score (nSPS) is 19.0. The van der Waals surface area contributed by atoms with E-state index < -0.39 is 10.8 Å². The molecule has 0 saturated heterocycles. The van der Waals surface area contributed by atoms with E-state index in [0.717, 1.165) is 34.4 Å². The molecular weight excluding hydrogens is 514 g/mol. The largest absolute Gasteiger partial charge is 0.329 e. The van der Waals surface area contributed by atoms with Crippen molar-refractivity contribution in [2.45, 2.75) is 71.0 Å². The zero-order valence-corrected chi connectivity index (χ0v) is 23.9. The van der Waals surface area contributed by atoms with E-state index in [1.165, 1.54) is 12.8 Å². The molecule has 1 unspecified atom stereocenters. The van der Waals surface area contributed by atoms with Gasteiger partial charge in [-0.1, -0.05) is 57.2 Å². The van der Waals surface area contributed by atoms with E-state index >= 15 is 0 Å². The summed E-state index contributed by atoms with van der Waals surface area (Å²) in [6.07, 6.45) is 5.25. The molecule has 2 aromatic carbocycles. The minimum atomic E-state index is -0.660. The van der Waals surface area contributed by atoms with Gasteiger partial charge in [0.15, 0.2) is 0 Å². The Morgan fingerprint density at radius 2 is 1.78 bits per heavy atom. The molecule has 3 N–H and O–H groups in total. The Morgan fingerprint density at radius 1 is 1.02 bits per heavy atom. The number of amides is 3. The number of carbonyl (C=O) groups is 3. The lowest BCUT2D eigenvalue weighted by Gasteiger charge is -2.30. The molecule has 212 valence electrons. The van der Waals surface area contributed by atoms with Gasteiger partial charge in [0.2, 0.25) is 17.7 Å². The molecule has 8 heteroatoms. The molecule has 2 aliphatic carbocycles. The van der Waals surface area contributed by atoms with Crippen LogP contribution in [0.25, 0.3) is 0 Å². The smallest absolute Gasteiger partial charge is 0.244 e. The van der Waals surface area contributed by atoms with Crippen molar-refractivity contribution in [3.05, 3.63) is 88.6 Å². The molecule has 2 heterocycles. The highest BCUT2D eigenvalue weighted by Crippen LogP contribution is 2.46. The molecule has 1 aliphatic heterocycles. The third-order valence-electron chi connectivity index (χ3n) is 8.37. The minimum Gasteiger partial charge on any atom is -0.329 e. The van der Waals surface area contributed by atoms with E-state index in [1.54, 1.807) is 11.1 Å². The number of aromatic nitrogens is 1. The molecule has 1 aromatic heterocycles. The fraction of sp³-hybridized carbons (Fsp3) is 0.394. The first-order valence-corrected chi connectivity index (χ1v) is 14.4. The molecule has 3 aromatic rings. The number of rotatable bonds is 8. The zero-order valence-electron chi connectivity index (χ0n) is 23.9. The Balaban J connectivity index is 1.17. The summed E-state index contributed by atoms with van der Waals surface area (Å²) in [5, 5.41) is 9.50. The Labute approximate surface area is 240 Å². The molecule has 1 saturated carbocycles. The van der Waals surface area contributed by atoms with Crippen molar-refractivity contribution in [3.8, 4) is 0 Å². The van der Waals surface area contributed by atoms with Gasteiger partial charge in [-0.25, -0.2) is 4.98 Å². The van der Waals surface area contributed by atoms with Gasteiger partial charge in [-0.3, -0.25) is 14.4 Å². The molecule has 1 atom stereocenters. The van der Waals surface area contributed by atoms with Crippen LogP contribution in [0.15, 0.2) is 60.8 Å². The number of nitrogens with one attached hydrogen (secondary N) is 3. The van der Waals surface area contributed by atoms with Crippen molar-refractivity contribution >= 4 is 29.2 Å². The lowest BCUT2D eigenvalue weighted by Crippen LogP contribution is -2.43. The van der Waals surface area contributed by atoms with Crippen molar-refractivity contribution in [2.24, 2.45) is 5.41 Å². The van der Waals surface area contributed by atoms with Crippen LogP contribution in [0.4, 0.5) is 11.5 Å². The van der Waals surface area contributed by atoms with E-state index in [2.05, 4.69) is 27.0 Å². The van der Waals surface area contributed by atoms with E-state index in [9.17, 15) is 14.4 Å². The minimum absolute atomic E-state index is 0.0306. The number of anilines is 2. The van der Waals surface area contributed by atoms with Gasteiger partial charge in [-0.05, 0) is 66.1 Å². The summed E-state index contributed by atoms with van der Waals surface area (Å²) in [7, 11) is 0. The van der Waals surface area contributed by atoms with E-state index in [4.69, 9.17) is 0 Å². The lowest BCUT2D eigenvalue weighted by molar-refractivity contribution is -0.142. The first-order valence-electron chi connectivity index (χ1n) is 14.4. The van der Waals surface area contributed by atoms with Gasteiger partial charge in [0.25, 0.3) is 0 Å². The maximum Gasteiger partial charge on any atom is 0.244 e. The van der Waals surface area contributed by atoms with Crippen LogP contribution in [0.2, 0.25) is 0 Å². The summed E-state index contributed by atoms with van der Waals surface area (Å²) in [5.41, 5.74) is 4.61. The van der Waals surface area contributed by atoms with Crippen LogP contribution in [0, 0.1) is 5.41 Å². The van der Waals surface area contributed by atoms with E-state index in [1.807, 2.05) is 69.3 Å². The summed E-state index contributed by atoms with van der Waals surface area (Å²) in [5.74, 6) is 0.272. The van der Waals surface area contributed by atoms with Crippen molar-refractivity contribution in [2.75, 3.05) is 17.2 Å². The third kappa shape index (κ3) is 5.48. The molecule has 41 heavy (non-hydrogen) atoms. The maximum absolute atomic E-state index is 13.5. The average molecular weight is 552 g/mol. The second kappa shape index (κ2) is 10.4. The second-order valence-corrected chi connectivity index (χ2v) is 12.7. The van der Waals surface area contributed by atoms with Crippen LogP contribution in [-0.2, 0) is 45.7 Å². The lowest BCUT2D eigenvalue weighted by atomic mass is 9.79. The highest BCUT2D eigenvalue weighted by molar-refractivity contribution is 6.06. The Hall–Kier alpha value is -4.04. The van der Waals surface area contributed by atoms with Crippen molar-refractivity contribution in [1.82, 2.24) is 15.2 Å². The van der Waals surface area contributed by atoms with Crippen LogP contribution in [0.3, 0.4) is 0 Å². The Bertz CT molecular complexity index is 1520. The highest BCUT2D eigenvalue weighted by Gasteiger charge is 2.51. The fourth-order valence-electron chi connectivity index (χ4n) is 6.02. The number of benzene rings is 2. The number of nitrogens with zero attached hydrogens (tertiary/aromatic N) is 2. The second-order valence-electron chi connectivity index (χ2n) is 12.7. The molecule has 0 radical (unpaired) electrons. The van der Waals surface area contributed by atoms with Gasteiger partial charge < -0.3 is 20.9 Å². The van der Waals surface area contributed by atoms with Crippen LogP contribution in [0.1, 0.15) is 61.4 Å². The first-order chi connectivity index (χ1) is 19.6. The number of hydrogen-bond acceptors (Lipinski definition) is 5. The number of carbonyl (C=O) groups excluding carboxylic acids is 3. The topological polar surface area (TPSA) is 103 Å². The van der Waals surface area contributed by atoms with Crippen LogP contribution >= 0.6 is 0 Å². The molecule has 1 spiro atoms. The quantitative estimate of drug-likeness (QED) is 0.387. The van der Waals surface area contributed by atoms with Gasteiger partial charge in [0.1, 0.15) is 12.4 Å². The average Bonchev–Trinajstić information content (AvgIpc) is 3.63. The maximum atomic E-state index is 13.5. The van der Waals surface area contributed by atoms with E-state index in [0.29, 0.717) is 36.9 Å². The van der Waals surface area contributed by atoms with Gasteiger partial charge in [-0.2, -0.15) is 0 Å². The highest BCUT2D eigenvalue weighted by atomic mass is 16.2. The van der Waals surface area contributed by atoms with Gasteiger partial charge in [0.05, 0.1) is 5.41 Å². The molecule has 3 amide bonds. The number of pyridine rings is 1. The summed E-state index contributed by atoms with van der Waals surface area (Å²) in [6, 6.07) is 18.3. The van der Waals surface area contributed by atoms with E-state index in [-0.39, 0.29) is 24.3 Å². The molecule has 3 aliphatic rings. The molecule has 6 rings (SSSR count). The zero-order chi connectivity index (χ0) is 28.8. The third-order valence-corrected chi connectivity index (χ3v) is 8.37. The monoisotopic (exact) mass is 551 g/mol. The number of hydrogen-bond donors (Lipinski definition) is 3. The molecule has 0 bridgehead atoms. The molecule has 8 nitrogen and oxygen atoms in total. The standard InChI is InChI=1S/C33H37N5O3/c1-32(2,3)31(41)38(19-23-8-5-4-7-22(23)18-35-25-12-13-25)20-28(39)36-26-11-10-21-16-33(17-24(21)15-26)27-9-6-14-34-29(27)37-30(33)40/h4-11,14-15,25,35H,12-13,16-20H2,1-3H3,(H,36,39)(H,34,37,40). The van der Waals surface area contributed by atoms with Gasteiger partial charge in [0, 0.05) is 42.0 Å². The van der Waals surface area contributed by atoms with Crippen LogP contribution < -0.4 is 16.0 Å². The summed E-state index contributed by atoms with van der Waals surface area (Å²) in [4.78, 5) is 45.8. The molecular formula is C33H37N5O3. The SMILES string of the molecule is CC(C)(C)C(=O)N(CC(=O)Nc1ccc2c(c1)CC1(C2)C(=O)Nc2ncccc21)Cc1ccccc1CNC1CC1. The van der Waals surface area contributed by atoms with Crippen LogP contribution in [-0.4, -0.2) is 40.2 Å². The predicted octanol–water partition coefficient (Wildman–Crippen LogP) is 4.34. The summed E-state index contributed by atoms with van der Waals surface area (Å²) in [6.45, 7) is 6.70. The first kappa shape index (κ1) is 27.1. The van der Waals surface area contributed by atoms with Gasteiger partial charge >= 0.3 is 0 Å². The summed E-state index contributed by atoms with van der Waals surface area (Å²) >= 11 is 0. The van der Waals surface area contributed by atoms with Crippen molar-refractivity contribution < 1.29 is 14.4 Å². The van der Waals surface area contributed by atoms with Crippen LogP contribution in [0.5, 0.6) is 0 Å².